The summed E-state index contributed by atoms with van der Waals surface area (Å²) >= 11 is 0. The number of hydrogen-bond donors (Lipinski definition) is 1. The van der Waals surface area contributed by atoms with Crippen molar-refractivity contribution in [2.45, 2.75) is 59.0 Å². The molecule has 41 heavy (non-hydrogen) atoms. The highest BCUT2D eigenvalue weighted by Crippen LogP contribution is 2.24. The van der Waals surface area contributed by atoms with Crippen LogP contribution < -0.4 is 10.9 Å². The molecular weight excluding hydrogens is 508 g/mol. The largest absolute Gasteiger partial charge is 0.322 e. The molecule has 0 aliphatic carbocycles. The van der Waals surface area contributed by atoms with Crippen molar-refractivity contribution in [3.63, 3.8) is 0 Å². The highest BCUT2D eigenvalue weighted by molar-refractivity contribution is 5.89. The number of amides is 2. The van der Waals surface area contributed by atoms with Crippen LogP contribution in [0, 0.1) is 11.3 Å². The molecule has 0 bridgehead atoms. The number of nitriles is 1. The van der Waals surface area contributed by atoms with Crippen LogP contribution >= 0.6 is 0 Å². The first-order chi connectivity index (χ1) is 20.0. The van der Waals surface area contributed by atoms with Crippen LogP contribution in [-0.4, -0.2) is 22.0 Å². The molecule has 3 aromatic carbocycles. The Balaban J connectivity index is 1.61. The Labute approximate surface area is 242 Å². The van der Waals surface area contributed by atoms with Crippen molar-refractivity contribution in [1.29, 1.82) is 5.26 Å². The summed E-state index contributed by atoms with van der Waals surface area (Å²) < 4.78 is 1.86. The van der Waals surface area contributed by atoms with Gasteiger partial charge in [0.15, 0.2) is 0 Å². The number of anilines is 1. The smallest absolute Gasteiger partial charge is 0.320 e. The van der Waals surface area contributed by atoms with Crippen molar-refractivity contribution in [2.24, 2.45) is 0 Å². The number of carbonyl (C=O) groups is 1. The Morgan fingerprint density at radius 3 is 2.29 bits per heavy atom. The van der Waals surface area contributed by atoms with E-state index in [2.05, 4.69) is 25.2 Å². The summed E-state index contributed by atoms with van der Waals surface area (Å²) in [4.78, 5) is 28.8. The number of unbranched alkanes of at least 4 members (excludes halogenated alkanes) is 2. The van der Waals surface area contributed by atoms with Gasteiger partial charge in [0.1, 0.15) is 0 Å². The summed E-state index contributed by atoms with van der Waals surface area (Å²) in [6, 6.07) is 31.0. The quantitative estimate of drug-likeness (QED) is 0.199. The summed E-state index contributed by atoms with van der Waals surface area (Å²) in [6.45, 7) is 5.49. The molecule has 0 unspecified atom stereocenters. The maximum atomic E-state index is 13.9. The molecule has 2 amide bonds. The second-order valence-electron chi connectivity index (χ2n) is 10.3. The maximum Gasteiger partial charge on any atom is 0.322 e. The van der Waals surface area contributed by atoms with Crippen LogP contribution in [0.4, 0.5) is 10.5 Å². The first-order valence-electron chi connectivity index (χ1n) is 14.4. The molecule has 0 radical (unpaired) electrons. The molecule has 0 spiro atoms. The van der Waals surface area contributed by atoms with Gasteiger partial charge in [-0.05, 0) is 66.3 Å². The maximum absolute atomic E-state index is 13.9. The number of nitrogens with zero attached hydrogens (tertiary/aromatic N) is 3. The van der Waals surface area contributed by atoms with Gasteiger partial charge in [0.2, 0.25) is 0 Å². The lowest BCUT2D eigenvalue weighted by molar-refractivity contribution is 0.208. The van der Waals surface area contributed by atoms with Crippen LogP contribution in [0.1, 0.15) is 61.9 Å². The molecule has 1 aromatic heterocycles. The number of pyridine rings is 1. The van der Waals surface area contributed by atoms with Crippen LogP contribution in [0.5, 0.6) is 0 Å². The summed E-state index contributed by atoms with van der Waals surface area (Å²) in [7, 11) is 0. The number of carbonyl (C=O) groups excluding carboxylic acids is 1. The van der Waals surface area contributed by atoms with E-state index in [1.165, 1.54) is 0 Å². The standard InChI is InChI=1S/C35H38N4O2/c1-3-5-15-32-22-21-30(26-38(23-6-4-2)35(41)37-31-13-8-7-9-14-31)34(40)39(32)25-27-17-19-28(20-18-27)33-16-11-10-12-29(33)24-36/h7-14,16-22H,3-6,15,23,25-26H2,1-2H3,(H,37,41). The van der Waals surface area contributed by atoms with Crippen LogP contribution in [0.3, 0.4) is 0 Å². The van der Waals surface area contributed by atoms with Gasteiger partial charge < -0.3 is 14.8 Å². The molecule has 210 valence electrons. The molecule has 0 fully saturated rings. The highest BCUT2D eigenvalue weighted by Gasteiger charge is 2.18. The van der Waals surface area contributed by atoms with Gasteiger partial charge in [-0.25, -0.2) is 4.79 Å². The minimum Gasteiger partial charge on any atom is -0.320 e. The van der Waals surface area contributed by atoms with Crippen LogP contribution in [0.2, 0.25) is 0 Å². The van der Waals surface area contributed by atoms with Crippen LogP contribution in [0.25, 0.3) is 11.1 Å². The van der Waals surface area contributed by atoms with Gasteiger partial charge in [-0.15, -0.1) is 0 Å². The van der Waals surface area contributed by atoms with Crippen molar-refractivity contribution in [3.05, 3.63) is 124 Å². The lowest BCUT2D eigenvalue weighted by Gasteiger charge is -2.24. The zero-order valence-corrected chi connectivity index (χ0v) is 24.0. The molecular formula is C35H38N4O2. The fourth-order valence-electron chi connectivity index (χ4n) is 4.87. The topological polar surface area (TPSA) is 78.1 Å². The number of benzene rings is 3. The number of aryl methyl sites for hydroxylation is 1. The molecule has 0 atom stereocenters. The number of para-hydroxylation sites is 1. The van der Waals surface area contributed by atoms with E-state index >= 15 is 0 Å². The summed E-state index contributed by atoms with van der Waals surface area (Å²) in [5.41, 5.74) is 5.76. The highest BCUT2D eigenvalue weighted by atomic mass is 16.2. The van der Waals surface area contributed by atoms with Gasteiger partial charge >= 0.3 is 6.03 Å². The SMILES string of the molecule is CCCCc1ccc(CN(CCCC)C(=O)Nc2ccccc2)c(=O)n1Cc1ccc(-c2ccccc2C#N)cc1. The lowest BCUT2D eigenvalue weighted by Crippen LogP contribution is -2.38. The van der Waals surface area contributed by atoms with Crippen molar-refractivity contribution < 1.29 is 4.79 Å². The molecule has 0 saturated heterocycles. The first-order valence-corrected chi connectivity index (χ1v) is 14.4. The third-order valence-electron chi connectivity index (χ3n) is 7.24. The molecule has 4 rings (SSSR count). The fraction of sp³-hybridized carbons (Fsp3) is 0.286. The molecule has 0 saturated carbocycles. The van der Waals surface area contributed by atoms with Crippen molar-refractivity contribution in [1.82, 2.24) is 9.47 Å². The number of hydrogen-bond acceptors (Lipinski definition) is 3. The van der Waals surface area contributed by atoms with Gasteiger partial charge in [0.25, 0.3) is 5.56 Å². The van der Waals surface area contributed by atoms with E-state index in [0.29, 0.717) is 24.2 Å². The summed E-state index contributed by atoms with van der Waals surface area (Å²) in [6.07, 6.45) is 4.64. The summed E-state index contributed by atoms with van der Waals surface area (Å²) in [5.74, 6) is 0. The number of aromatic nitrogens is 1. The second kappa shape index (κ2) is 14.7. The van der Waals surface area contributed by atoms with E-state index in [-0.39, 0.29) is 18.1 Å². The first kappa shape index (κ1) is 29.4. The molecule has 6 heteroatoms. The zero-order valence-electron chi connectivity index (χ0n) is 24.0. The second-order valence-corrected chi connectivity index (χ2v) is 10.3. The summed E-state index contributed by atoms with van der Waals surface area (Å²) in [5, 5.41) is 12.5. The third-order valence-corrected chi connectivity index (χ3v) is 7.24. The molecule has 0 aliphatic rings. The Hall–Kier alpha value is -4.63. The van der Waals surface area contributed by atoms with E-state index in [1.807, 2.05) is 95.6 Å². The van der Waals surface area contributed by atoms with Gasteiger partial charge in [0, 0.05) is 23.5 Å². The van der Waals surface area contributed by atoms with Crippen molar-refractivity contribution >= 4 is 11.7 Å². The predicted octanol–water partition coefficient (Wildman–Crippen LogP) is 7.61. The number of urea groups is 1. The average molecular weight is 547 g/mol. The number of rotatable bonds is 12. The molecule has 4 aromatic rings. The van der Waals surface area contributed by atoms with Crippen LogP contribution in [-0.2, 0) is 19.5 Å². The van der Waals surface area contributed by atoms with Gasteiger partial charge in [-0.1, -0.05) is 87.4 Å². The van der Waals surface area contributed by atoms with E-state index in [1.54, 1.807) is 4.90 Å². The Morgan fingerprint density at radius 2 is 1.59 bits per heavy atom. The van der Waals surface area contributed by atoms with E-state index in [4.69, 9.17) is 0 Å². The fourth-order valence-corrected chi connectivity index (χ4v) is 4.87. The normalized spacial score (nSPS) is 10.7. The minimum atomic E-state index is -0.209. The molecule has 6 nitrogen and oxygen atoms in total. The molecule has 1 heterocycles. The van der Waals surface area contributed by atoms with Gasteiger partial charge in [-0.2, -0.15) is 5.26 Å². The van der Waals surface area contributed by atoms with Crippen molar-refractivity contribution in [2.75, 3.05) is 11.9 Å². The number of nitrogens with one attached hydrogen (secondary N) is 1. The Bertz CT molecular complexity index is 1540. The van der Waals surface area contributed by atoms with E-state index in [9.17, 15) is 14.9 Å². The van der Waals surface area contributed by atoms with Crippen molar-refractivity contribution in [3.8, 4) is 17.2 Å². The zero-order chi connectivity index (χ0) is 29.0. The lowest BCUT2D eigenvalue weighted by atomic mass is 9.99. The Morgan fingerprint density at radius 1 is 0.878 bits per heavy atom. The van der Waals surface area contributed by atoms with Gasteiger partial charge in [-0.3, -0.25) is 4.79 Å². The van der Waals surface area contributed by atoms with E-state index < -0.39 is 0 Å². The Kier molecular flexibility index (Phi) is 10.5. The van der Waals surface area contributed by atoms with E-state index in [0.717, 1.165) is 60.2 Å². The monoisotopic (exact) mass is 546 g/mol. The third kappa shape index (κ3) is 7.73. The molecule has 1 N–H and O–H groups in total. The molecule has 0 aliphatic heterocycles. The van der Waals surface area contributed by atoms with Gasteiger partial charge in [0.05, 0.1) is 24.7 Å². The average Bonchev–Trinajstić information content (AvgIpc) is 3.01. The van der Waals surface area contributed by atoms with Crippen LogP contribution in [0.15, 0.2) is 95.8 Å². The predicted molar refractivity (Wildman–Crippen MR) is 166 cm³/mol. The minimum absolute atomic E-state index is 0.0634.